The Morgan fingerprint density at radius 1 is 1.13 bits per heavy atom. The minimum Gasteiger partial charge on any atom is -0.496 e. The summed E-state index contributed by atoms with van der Waals surface area (Å²) in [7, 11) is -2.95. The van der Waals surface area contributed by atoms with Gasteiger partial charge in [-0.05, 0) is 61.2 Å². The molecule has 1 aliphatic heterocycles. The molecule has 1 aliphatic rings. The number of rotatable bonds is 6. The van der Waals surface area contributed by atoms with Gasteiger partial charge in [0.2, 0.25) is 0 Å². The Morgan fingerprint density at radius 2 is 1.85 bits per heavy atom. The number of pyridine rings is 2. The van der Waals surface area contributed by atoms with Gasteiger partial charge in [-0.3, -0.25) is 4.72 Å². The van der Waals surface area contributed by atoms with Crippen molar-refractivity contribution >= 4 is 39.4 Å². The molecule has 1 atom stereocenters. The van der Waals surface area contributed by atoms with Crippen LogP contribution in [0.5, 0.6) is 5.75 Å². The maximum absolute atomic E-state index is 13.8. The molecule has 1 fully saturated rings. The smallest absolute Gasteiger partial charge is 0.418 e. The predicted octanol–water partition coefficient (Wildman–Crippen LogP) is 5.28. The van der Waals surface area contributed by atoms with E-state index in [2.05, 4.69) is 21.6 Å². The van der Waals surface area contributed by atoms with Gasteiger partial charge in [0.05, 0.1) is 18.4 Å². The topological polar surface area (TPSA) is 119 Å². The molecule has 0 saturated carbocycles. The first-order valence-corrected chi connectivity index (χ1v) is 13.4. The first kappa shape index (κ1) is 29.9. The van der Waals surface area contributed by atoms with E-state index in [1.54, 1.807) is 12.1 Å². The van der Waals surface area contributed by atoms with Crippen molar-refractivity contribution in [3.05, 3.63) is 59.1 Å². The van der Waals surface area contributed by atoms with Crippen molar-refractivity contribution in [1.82, 2.24) is 9.97 Å². The summed E-state index contributed by atoms with van der Waals surface area (Å²) in [5, 5.41) is -0.0958. The highest BCUT2D eigenvalue weighted by Gasteiger charge is 2.36. The van der Waals surface area contributed by atoms with Crippen molar-refractivity contribution in [2.45, 2.75) is 31.0 Å². The second-order valence-corrected chi connectivity index (χ2v) is 10.7. The van der Waals surface area contributed by atoms with Gasteiger partial charge in [-0.25, -0.2) is 9.97 Å². The van der Waals surface area contributed by atoms with Crippen molar-refractivity contribution in [3.8, 4) is 17.0 Å². The van der Waals surface area contributed by atoms with Crippen LogP contribution in [-0.2, 0) is 25.8 Å². The van der Waals surface area contributed by atoms with Crippen LogP contribution in [0, 0.1) is 5.92 Å². The number of aromatic nitrogens is 2. The largest absolute Gasteiger partial charge is 0.496 e. The Bertz CT molecular complexity index is 1460. The molecule has 4 rings (SSSR count). The van der Waals surface area contributed by atoms with Gasteiger partial charge in [-0.1, -0.05) is 24.6 Å². The van der Waals surface area contributed by atoms with Gasteiger partial charge in [0.15, 0.2) is 5.03 Å². The van der Waals surface area contributed by atoms with Gasteiger partial charge in [0, 0.05) is 23.7 Å². The minimum atomic E-state index is -4.76. The van der Waals surface area contributed by atoms with E-state index in [0.717, 1.165) is 38.1 Å². The van der Waals surface area contributed by atoms with E-state index in [-0.39, 0.29) is 33.3 Å². The lowest BCUT2D eigenvalue weighted by molar-refractivity contribution is -0.191. The Kier molecular flexibility index (Phi) is 9.54. The number of nitrogens with one attached hydrogen (secondary N) is 1. The fraction of sp³-hybridized carbons (Fsp3) is 0.320. The number of benzene rings is 1. The number of sulfonamides is 1. The molecule has 14 heteroatoms. The zero-order chi connectivity index (χ0) is 28.8. The average Bonchev–Trinajstić information content (AvgIpc) is 2.88. The number of piperidine rings is 1. The zero-order valence-corrected chi connectivity index (χ0v) is 22.4. The van der Waals surface area contributed by atoms with Gasteiger partial charge in [-0.2, -0.15) is 31.2 Å². The van der Waals surface area contributed by atoms with Gasteiger partial charge in [0.1, 0.15) is 17.4 Å². The van der Waals surface area contributed by atoms with Crippen LogP contribution in [0.3, 0.4) is 0 Å². The van der Waals surface area contributed by atoms with E-state index in [0.29, 0.717) is 11.7 Å². The fourth-order valence-electron chi connectivity index (χ4n) is 4.13. The van der Waals surface area contributed by atoms with E-state index in [4.69, 9.17) is 25.9 Å². The van der Waals surface area contributed by atoms with Gasteiger partial charge in [0.25, 0.3) is 10.0 Å². The first-order valence-electron chi connectivity index (χ1n) is 11.6. The molecule has 3 aromatic rings. The number of nitrogens with zero attached hydrogens (tertiary/aromatic N) is 3. The normalized spacial score (nSPS) is 15.5. The second-order valence-electron chi connectivity index (χ2n) is 8.65. The molecule has 3 heterocycles. The van der Waals surface area contributed by atoms with Crippen LogP contribution in [-0.4, -0.2) is 44.7 Å². The predicted molar refractivity (Wildman–Crippen MR) is 137 cm³/mol. The van der Waals surface area contributed by atoms with Crippen molar-refractivity contribution in [2.75, 3.05) is 29.8 Å². The molecule has 1 saturated heterocycles. The van der Waals surface area contributed by atoms with E-state index in [9.17, 15) is 21.6 Å². The summed E-state index contributed by atoms with van der Waals surface area (Å²) in [6, 6.07) is 10.5. The molecule has 39 heavy (non-hydrogen) atoms. The Morgan fingerprint density at radius 3 is 2.49 bits per heavy atom. The number of anilines is 2. The second kappa shape index (κ2) is 12.5. The average molecular weight is 585 g/mol. The summed E-state index contributed by atoms with van der Waals surface area (Å²) in [4.78, 5) is 26.6. The number of hydrogen-bond donors (Lipinski definition) is 1. The van der Waals surface area contributed by atoms with Crippen LogP contribution >= 0.6 is 11.6 Å². The molecule has 0 radical (unpaired) electrons. The Balaban J connectivity index is 0.00000134. The lowest BCUT2D eigenvalue weighted by atomic mass is 10.0. The van der Waals surface area contributed by atoms with E-state index >= 15 is 0 Å². The van der Waals surface area contributed by atoms with E-state index < -0.39 is 27.5 Å². The summed E-state index contributed by atoms with van der Waals surface area (Å²) < 4.78 is 75.0. The SMILES string of the molecule is COc1ccc(Cl)cc1-c1nc(NS(=O)(=O)c2cccc(N3CCC[C@H](C)C3)n2)ccc1C(F)(F)F.O=C=O. The summed E-state index contributed by atoms with van der Waals surface area (Å²) in [6.45, 7) is 3.64. The fourth-order valence-corrected chi connectivity index (χ4v) is 5.27. The third-order valence-corrected chi connectivity index (χ3v) is 7.31. The van der Waals surface area contributed by atoms with Crippen LogP contribution in [0.25, 0.3) is 11.3 Å². The van der Waals surface area contributed by atoms with E-state index in [1.165, 1.54) is 31.4 Å². The molecule has 1 N–H and O–H groups in total. The molecule has 9 nitrogen and oxygen atoms in total. The van der Waals surface area contributed by atoms with Crippen LogP contribution in [0.1, 0.15) is 25.3 Å². The van der Waals surface area contributed by atoms with Crippen molar-refractivity contribution in [2.24, 2.45) is 5.92 Å². The summed E-state index contributed by atoms with van der Waals surface area (Å²) in [6.07, 6.45) is -2.44. The molecule has 0 spiro atoms. The maximum Gasteiger partial charge on any atom is 0.418 e. The zero-order valence-electron chi connectivity index (χ0n) is 20.8. The van der Waals surface area contributed by atoms with E-state index in [1.807, 2.05) is 4.90 Å². The van der Waals surface area contributed by atoms with Crippen molar-refractivity contribution in [3.63, 3.8) is 0 Å². The summed E-state index contributed by atoms with van der Waals surface area (Å²) in [5.41, 5.74) is -1.62. The molecule has 0 bridgehead atoms. The number of ether oxygens (including phenoxy) is 1. The molecule has 208 valence electrons. The van der Waals surface area contributed by atoms with Crippen LogP contribution in [0.15, 0.2) is 53.6 Å². The maximum atomic E-state index is 13.8. The highest BCUT2D eigenvalue weighted by atomic mass is 35.5. The van der Waals surface area contributed by atoms with Gasteiger partial charge in [-0.15, -0.1) is 0 Å². The quantitative estimate of drug-likeness (QED) is 0.416. The summed E-state index contributed by atoms with van der Waals surface area (Å²) in [5.74, 6) is 0.771. The first-order chi connectivity index (χ1) is 18.4. The number of alkyl halides is 3. The van der Waals surface area contributed by atoms with Crippen LogP contribution in [0.2, 0.25) is 5.02 Å². The lowest BCUT2D eigenvalue weighted by Gasteiger charge is -2.31. The monoisotopic (exact) mass is 584 g/mol. The third kappa shape index (κ3) is 7.47. The third-order valence-electron chi connectivity index (χ3n) is 5.82. The molecule has 1 aromatic carbocycles. The highest BCUT2D eigenvalue weighted by Crippen LogP contribution is 2.41. The molecule has 0 amide bonds. The minimum absolute atomic E-state index is 0.0299. The number of carbonyl (C=O) groups excluding carboxylic acids is 2. The van der Waals surface area contributed by atoms with Gasteiger partial charge >= 0.3 is 12.3 Å². The number of hydrogen-bond acceptors (Lipinski definition) is 8. The lowest BCUT2D eigenvalue weighted by Crippen LogP contribution is -2.35. The Hall–Kier alpha value is -3.67. The number of halogens is 4. The Labute approximate surface area is 228 Å². The molecule has 0 aliphatic carbocycles. The van der Waals surface area contributed by atoms with Crippen molar-refractivity contribution < 1.29 is 35.9 Å². The number of methoxy groups -OCH3 is 1. The van der Waals surface area contributed by atoms with Crippen LogP contribution < -0.4 is 14.4 Å². The molecule has 2 aromatic heterocycles. The molecular formula is C25H24ClF3N4O5S. The van der Waals surface area contributed by atoms with Gasteiger partial charge < -0.3 is 9.64 Å². The standard InChI is InChI=1S/C24H24ClF3N4O3S.CO2/c1-15-5-4-12-32(14-15)21-6-3-7-22(30-21)36(33,34)31-20-11-9-18(24(26,27)28)23(29-20)17-13-16(25)8-10-19(17)35-2;2-1-3/h3,6-11,13,15H,4-5,12,14H2,1-2H3,(H,29,31);/t15-;/m0./s1. The molecular weight excluding hydrogens is 561 g/mol. The summed E-state index contributed by atoms with van der Waals surface area (Å²) >= 11 is 6.02. The molecule has 0 unspecified atom stereocenters. The van der Waals surface area contributed by atoms with Crippen molar-refractivity contribution in [1.29, 1.82) is 0 Å². The highest BCUT2D eigenvalue weighted by molar-refractivity contribution is 7.92. The van der Waals surface area contributed by atoms with Crippen LogP contribution in [0.4, 0.5) is 24.8 Å².